The van der Waals surface area contributed by atoms with Crippen molar-refractivity contribution in [2.75, 3.05) is 17.2 Å². The molecule has 122 valence electrons. The van der Waals surface area contributed by atoms with Crippen LogP contribution in [0.15, 0.2) is 24.3 Å². The number of hydrogen-bond donors (Lipinski definition) is 2. The van der Waals surface area contributed by atoms with Gasteiger partial charge >= 0.3 is 0 Å². The van der Waals surface area contributed by atoms with Crippen LogP contribution in [0.4, 0.5) is 11.6 Å². The van der Waals surface area contributed by atoms with E-state index in [1.807, 2.05) is 39.0 Å². The number of anilines is 2. The van der Waals surface area contributed by atoms with Crippen molar-refractivity contribution in [3.8, 4) is 0 Å². The molecule has 2 aromatic rings. The fraction of sp³-hybridized carbons (Fsp3) is 0.389. The van der Waals surface area contributed by atoms with Crippen molar-refractivity contribution >= 4 is 17.5 Å². The molecule has 1 heterocycles. The third-order valence-corrected chi connectivity index (χ3v) is 3.39. The number of rotatable bonds is 5. The summed E-state index contributed by atoms with van der Waals surface area (Å²) in [7, 11) is 0. The molecule has 1 amide bonds. The van der Waals surface area contributed by atoms with Crippen LogP contribution >= 0.6 is 0 Å². The fourth-order valence-electron chi connectivity index (χ4n) is 2.20. The van der Waals surface area contributed by atoms with E-state index in [0.29, 0.717) is 17.6 Å². The molecule has 0 spiro atoms. The van der Waals surface area contributed by atoms with Gasteiger partial charge in [0, 0.05) is 17.9 Å². The van der Waals surface area contributed by atoms with E-state index >= 15 is 0 Å². The lowest BCUT2D eigenvalue weighted by Crippen LogP contribution is -2.18. The van der Waals surface area contributed by atoms with E-state index in [0.717, 1.165) is 23.5 Å². The number of carbonyl (C=O) groups excluding carboxylic acids is 1. The minimum absolute atomic E-state index is 0.227. The van der Waals surface area contributed by atoms with Crippen molar-refractivity contribution in [1.29, 1.82) is 0 Å². The molecular weight excluding hydrogens is 288 g/mol. The SMILES string of the molecule is Cc1ccc(NC(=O)c2cc(C)nc(NCC(C)C)n2)c(C)c1. The van der Waals surface area contributed by atoms with Crippen LogP contribution in [0, 0.1) is 26.7 Å². The van der Waals surface area contributed by atoms with Gasteiger partial charge < -0.3 is 10.6 Å². The maximum Gasteiger partial charge on any atom is 0.274 e. The van der Waals surface area contributed by atoms with Crippen LogP contribution in [0.5, 0.6) is 0 Å². The van der Waals surface area contributed by atoms with Crippen molar-refractivity contribution in [2.45, 2.75) is 34.6 Å². The largest absolute Gasteiger partial charge is 0.354 e. The zero-order valence-corrected chi connectivity index (χ0v) is 14.4. The van der Waals surface area contributed by atoms with Crippen LogP contribution in [0.3, 0.4) is 0 Å². The third kappa shape index (κ3) is 4.77. The van der Waals surface area contributed by atoms with Crippen molar-refractivity contribution in [3.05, 3.63) is 46.8 Å². The summed E-state index contributed by atoms with van der Waals surface area (Å²) in [5.74, 6) is 0.742. The number of benzene rings is 1. The first-order valence-corrected chi connectivity index (χ1v) is 7.83. The Balaban J connectivity index is 2.18. The van der Waals surface area contributed by atoms with Gasteiger partial charge in [-0.3, -0.25) is 4.79 Å². The van der Waals surface area contributed by atoms with Crippen LogP contribution in [-0.4, -0.2) is 22.4 Å². The van der Waals surface area contributed by atoms with Gasteiger partial charge in [-0.15, -0.1) is 0 Å². The molecule has 0 saturated carbocycles. The van der Waals surface area contributed by atoms with E-state index in [-0.39, 0.29) is 5.91 Å². The molecule has 0 aliphatic carbocycles. The molecule has 0 fully saturated rings. The zero-order chi connectivity index (χ0) is 17.0. The number of aryl methyl sites for hydroxylation is 3. The Hall–Kier alpha value is -2.43. The van der Waals surface area contributed by atoms with E-state index in [9.17, 15) is 4.79 Å². The molecule has 23 heavy (non-hydrogen) atoms. The maximum absolute atomic E-state index is 12.5. The highest BCUT2D eigenvalue weighted by Crippen LogP contribution is 2.17. The molecular formula is C18H24N4O. The molecule has 0 saturated heterocycles. The number of nitrogens with one attached hydrogen (secondary N) is 2. The number of nitrogens with zero attached hydrogens (tertiary/aromatic N) is 2. The highest BCUT2D eigenvalue weighted by molar-refractivity contribution is 6.03. The zero-order valence-electron chi connectivity index (χ0n) is 14.4. The average molecular weight is 312 g/mol. The highest BCUT2D eigenvalue weighted by Gasteiger charge is 2.12. The van der Waals surface area contributed by atoms with Gasteiger partial charge in [-0.1, -0.05) is 31.5 Å². The monoisotopic (exact) mass is 312 g/mol. The Labute approximate surface area is 137 Å². The summed E-state index contributed by atoms with van der Waals surface area (Å²) >= 11 is 0. The average Bonchev–Trinajstić information content (AvgIpc) is 2.47. The molecule has 5 nitrogen and oxygen atoms in total. The molecule has 0 radical (unpaired) electrons. The molecule has 0 atom stereocenters. The minimum atomic E-state index is -0.227. The van der Waals surface area contributed by atoms with Crippen molar-refractivity contribution in [3.63, 3.8) is 0 Å². The first kappa shape index (κ1) is 16.9. The van der Waals surface area contributed by atoms with Gasteiger partial charge in [0.15, 0.2) is 0 Å². The van der Waals surface area contributed by atoms with Gasteiger partial charge in [-0.05, 0) is 44.4 Å². The van der Waals surface area contributed by atoms with E-state index < -0.39 is 0 Å². The van der Waals surface area contributed by atoms with Crippen LogP contribution in [0.25, 0.3) is 0 Å². The second-order valence-corrected chi connectivity index (χ2v) is 6.27. The van der Waals surface area contributed by atoms with Gasteiger partial charge in [-0.2, -0.15) is 0 Å². The van der Waals surface area contributed by atoms with E-state index in [2.05, 4.69) is 34.4 Å². The number of carbonyl (C=O) groups is 1. The molecule has 2 N–H and O–H groups in total. The Morgan fingerprint density at radius 1 is 1.13 bits per heavy atom. The third-order valence-electron chi connectivity index (χ3n) is 3.39. The van der Waals surface area contributed by atoms with Crippen molar-refractivity contribution < 1.29 is 4.79 Å². The smallest absolute Gasteiger partial charge is 0.274 e. The van der Waals surface area contributed by atoms with Crippen molar-refractivity contribution in [2.24, 2.45) is 5.92 Å². The molecule has 0 aliphatic rings. The Morgan fingerprint density at radius 3 is 2.52 bits per heavy atom. The predicted molar refractivity (Wildman–Crippen MR) is 94.0 cm³/mol. The van der Waals surface area contributed by atoms with Gasteiger partial charge in [0.05, 0.1) is 0 Å². The summed E-state index contributed by atoms with van der Waals surface area (Å²) in [5, 5.41) is 6.08. The normalized spacial score (nSPS) is 10.7. The summed E-state index contributed by atoms with van der Waals surface area (Å²) in [4.78, 5) is 21.1. The minimum Gasteiger partial charge on any atom is -0.354 e. The van der Waals surface area contributed by atoms with Gasteiger partial charge in [0.1, 0.15) is 5.69 Å². The van der Waals surface area contributed by atoms with Gasteiger partial charge in [0.25, 0.3) is 5.91 Å². The van der Waals surface area contributed by atoms with Crippen LogP contribution in [-0.2, 0) is 0 Å². The summed E-state index contributed by atoms with van der Waals surface area (Å²) in [6, 6.07) is 7.62. The van der Waals surface area contributed by atoms with E-state index in [1.165, 1.54) is 5.56 Å². The topological polar surface area (TPSA) is 66.9 Å². The number of aromatic nitrogens is 2. The second kappa shape index (κ2) is 7.22. The molecule has 0 aliphatic heterocycles. The molecule has 2 rings (SSSR count). The lowest BCUT2D eigenvalue weighted by molar-refractivity contribution is 0.102. The van der Waals surface area contributed by atoms with Crippen molar-refractivity contribution in [1.82, 2.24) is 9.97 Å². The Kier molecular flexibility index (Phi) is 5.32. The van der Waals surface area contributed by atoms with Crippen LogP contribution < -0.4 is 10.6 Å². The summed E-state index contributed by atoms with van der Waals surface area (Å²) in [6.07, 6.45) is 0. The Bertz CT molecular complexity index is 710. The molecule has 1 aromatic carbocycles. The highest BCUT2D eigenvalue weighted by atomic mass is 16.1. The molecule has 0 unspecified atom stereocenters. The maximum atomic E-state index is 12.5. The summed E-state index contributed by atoms with van der Waals surface area (Å²) in [5.41, 5.74) is 4.12. The van der Waals surface area contributed by atoms with Crippen LogP contribution in [0.1, 0.15) is 41.2 Å². The van der Waals surface area contributed by atoms with E-state index in [1.54, 1.807) is 6.07 Å². The molecule has 5 heteroatoms. The fourth-order valence-corrected chi connectivity index (χ4v) is 2.20. The lowest BCUT2D eigenvalue weighted by atomic mass is 10.1. The van der Waals surface area contributed by atoms with Gasteiger partial charge in [-0.25, -0.2) is 9.97 Å². The summed E-state index contributed by atoms with van der Waals surface area (Å²) in [6.45, 7) is 10.8. The standard InChI is InChI=1S/C18H24N4O/c1-11(2)10-19-18-20-14(5)9-16(22-18)17(23)21-15-7-6-12(3)8-13(15)4/h6-9,11H,10H2,1-5H3,(H,21,23)(H,19,20,22). The molecule has 1 aromatic heterocycles. The lowest BCUT2D eigenvalue weighted by Gasteiger charge is -2.11. The first-order valence-electron chi connectivity index (χ1n) is 7.83. The number of amides is 1. The first-order chi connectivity index (χ1) is 10.8. The summed E-state index contributed by atoms with van der Waals surface area (Å²) < 4.78 is 0. The predicted octanol–water partition coefficient (Wildman–Crippen LogP) is 3.72. The van der Waals surface area contributed by atoms with Crippen LogP contribution in [0.2, 0.25) is 0 Å². The molecule has 0 bridgehead atoms. The van der Waals surface area contributed by atoms with Gasteiger partial charge in [0.2, 0.25) is 5.95 Å². The second-order valence-electron chi connectivity index (χ2n) is 6.27. The Morgan fingerprint density at radius 2 is 1.87 bits per heavy atom. The van der Waals surface area contributed by atoms with E-state index in [4.69, 9.17) is 0 Å². The number of hydrogen-bond acceptors (Lipinski definition) is 4. The quantitative estimate of drug-likeness (QED) is 0.883.